The minimum absolute atomic E-state index is 0.127. The van der Waals surface area contributed by atoms with Crippen LogP contribution in [0, 0.1) is 0 Å². The minimum Gasteiger partial charge on any atom is -0.486 e. The zero-order valence-corrected chi connectivity index (χ0v) is 16.5. The molecule has 0 bridgehead atoms. The molecule has 1 fully saturated rings. The van der Waals surface area contributed by atoms with Crippen LogP contribution >= 0.6 is 11.3 Å². The van der Waals surface area contributed by atoms with Gasteiger partial charge in [-0.05, 0) is 37.1 Å². The number of nitrogens with zero attached hydrogens (tertiary/aromatic N) is 2. The van der Waals surface area contributed by atoms with E-state index in [0.29, 0.717) is 43.0 Å². The number of para-hydroxylation sites is 1. The first-order chi connectivity index (χ1) is 14.1. The highest BCUT2D eigenvalue weighted by Gasteiger charge is 2.39. The first-order valence-electron chi connectivity index (χ1n) is 9.49. The first kappa shape index (κ1) is 17.9. The second kappa shape index (κ2) is 7.00. The lowest BCUT2D eigenvalue weighted by atomic mass is 10.0. The van der Waals surface area contributed by atoms with Gasteiger partial charge >= 0.3 is 0 Å². The molecule has 2 aliphatic rings. The van der Waals surface area contributed by atoms with Crippen LogP contribution in [0.4, 0.5) is 0 Å². The Labute approximate surface area is 171 Å². The molecule has 5 rings (SSSR count). The van der Waals surface area contributed by atoms with E-state index in [1.165, 1.54) is 0 Å². The van der Waals surface area contributed by atoms with Crippen LogP contribution in [-0.4, -0.2) is 27.7 Å². The zero-order chi connectivity index (χ0) is 20.0. The maximum atomic E-state index is 12.9. The Morgan fingerprint density at radius 1 is 1.21 bits per heavy atom. The van der Waals surface area contributed by atoms with Gasteiger partial charge in [0.2, 0.25) is 5.91 Å². The summed E-state index contributed by atoms with van der Waals surface area (Å²) < 4.78 is 7.17. The van der Waals surface area contributed by atoms with Crippen molar-refractivity contribution in [2.75, 3.05) is 0 Å². The van der Waals surface area contributed by atoms with Crippen LogP contribution in [0.5, 0.6) is 5.75 Å². The highest BCUT2D eigenvalue weighted by atomic mass is 32.1. The highest BCUT2D eigenvalue weighted by Crippen LogP contribution is 2.34. The van der Waals surface area contributed by atoms with E-state index in [-0.39, 0.29) is 11.8 Å². The van der Waals surface area contributed by atoms with Gasteiger partial charge in [-0.2, -0.15) is 0 Å². The van der Waals surface area contributed by atoms with Crippen molar-refractivity contribution in [3.63, 3.8) is 0 Å². The van der Waals surface area contributed by atoms with Crippen LogP contribution in [0.25, 0.3) is 10.2 Å². The van der Waals surface area contributed by atoms with Gasteiger partial charge in [0.1, 0.15) is 23.4 Å². The largest absolute Gasteiger partial charge is 0.486 e. The monoisotopic (exact) mass is 405 g/mol. The third-order valence-electron chi connectivity index (χ3n) is 5.34. The van der Waals surface area contributed by atoms with Crippen molar-refractivity contribution in [1.29, 1.82) is 0 Å². The van der Waals surface area contributed by atoms with Gasteiger partial charge in [-0.1, -0.05) is 24.8 Å². The molecule has 1 saturated heterocycles. The fourth-order valence-electron chi connectivity index (χ4n) is 3.89. The molecule has 1 atom stereocenters. The topological polar surface area (TPSA) is 71.5 Å². The summed E-state index contributed by atoms with van der Waals surface area (Å²) >= 11 is 1.60. The van der Waals surface area contributed by atoms with Gasteiger partial charge in [0.25, 0.3) is 5.91 Å². The number of nitrogens with one attached hydrogen (secondary N) is 1. The van der Waals surface area contributed by atoms with E-state index >= 15 is 0 Å². The Kier molecular flexibility index (Phi) is 4.32. The van der Waals surface area contributed by atoms with Gasteiger partial charge < -0.3 is 15.0 Å². The summed E-state index contributed by atoms with van der Waals surface area (Å²) in [6, 6.07) is 13.0. The number of thiazole rings is 1. The molecule has 2 aromatic carbocycles. The molecule has 146 valence electrons. The molecule has 3 aromatic rings. The second-order valence-electron chi connectivity index (χ2n) is 7.23. The van der Waals surface area contributed by atoms with E-state index in [2.05, 4.69) is 16.9 Å². The van der Waals surface area contributed by atoms with Crippen LogP contribution in [0.1, 0.15) is 33.8 Å². The number of allylic oxidation sites excluding steroid dienone is 1. The molecule has 29 heavy (non-hydrogen) atoms. The quantitative estimate of drug-likeness (QED) is 0.720. The average Bonchev–Trinajstić information content (AvgIpc) is 3.28. The summed E-state index contributed by atoms with van der Waals surface area (Å²) in [5, 5.41) is 3.65. The number of hydrogen-bond donors (Lipinski definition) is 1. The second-order valence-corrected chi connectivity index (χ2v) is 8.34. The smallest absolute Gasteiger partial charge is 0.255 e. The summed E-state index contributed by atoms with van der Waals surface area (Å²) in [4.78, 5) is 31.5. The number of carbonyl (C=O) groups excluding carboxylic acids is 2. The van der Waals surface area contributed by atoms with Crippen molar-refractivity contribution < 1.29 is 14.3 Å². The number of fused-ring (bicyclic) bond motifs is 2. The predicted molar refractivity (Wildman–Crippen MR) is 111 cm³/mol. The van der Waals surface area contributed by atoms with Crippen molar-refractivity contribution in [1.82, 2.24) is 15.2 Å². The summed E-state index contributed by atoms with van der Waals surface area (Å²) in [5.74, 6) is 0.371. The number of carbonyl (C=O) groups is 2. The van der Waals surface area contributed by atoms with Crippen molar-refractivity contribution in [3.05, 3.63) is 70.9 Å². The lowest BCUT2D eigenvalue weighted by Crippen LogP contribution is -2.49. The number of aromatic nitrogens is 1. The molecular formula is C22H19N3O3S. The molecular weight excluding hydrogens is 386 g/mol. The molecule has 3 heterocycles. The predicted octanol–water partition coefficient (Wildman–Crippen LogP) is 3.62. The number of amides is 2. The van der Waals surface area contributed by atoms with Crippen molar-refractivity contribution in [2.45, 2.75) is 32.0 Å². The molecule has 6 nitrogen and oxygen atoms in total. The van der Waals surface area contributed by atoms with Crippen molar-refractivity contribution in [2.24, 2.45) is 0 Å². The Balaban J connectivity index is 1.36. The van der Waals surface area contributed by atoms with E-state index in [4.69, 9.17) is 4.74 Å². The van der Waals surface area contributed by atoms with Crippen LogP contribution < -0.4 is 10.1 Å². The van der Waals surface area contributed by atoms with Crippen LogP contribution in [0.15, 0.2) is 54.7 Å². The zero-order valence-electron chi connectivity index (χ0n) is 15.7. The van der Waals surface area contributed by atoms with Gasteiger partial charge in [0, 0.05) is 16.8 Å². The van der Waals surface area contributed by atoms with Crippen LogP contribution in [0.2, 0.25) is 0 Å². The van der Waals surface area contributed by atoms with E-state index in [1.54, 1.807) is 22.3 Å². The number of hydrogen-bond acceptors (Lipinski definition) is 5. The Morgan fingerprint density at radius 2 is 2.07 bits per heavy atom. The van der Waals surface area contributed by atoms with Gasteiger partial charge in [0.05, 0.1) is 16.8 Å². The summed E-state index contributed by atoms with van der Waals surface area (Å²) in [6.45, 7) is 4.52. The maximum absolute atomic E-state index is 12.9. The first-order valence-corrected chi connectivity index (χ1v) is 10.3. The van der Waals surface area contributed by atoms with E-state index in [1.807, 2.05) is 36.4 Å². The molecule has 0 saturated carbocycles. The number of piperidine rings is 1. The van der Waals surface area contributed by atoms with Crippen molar-refractivity contribution in [3.8, 4) is 5.75 Å². The fraction of sp³-hybridized carbons (Fsp3) is 0.227. The molecule has 2 aliphatic heterocycles. The standard InChI is InChI=1S/C22H19N3O3S/c1-13-9-10-17(21(26)23-13)25-11-15-14(22(25)27)5-4-7-18(15)28-12-20-24-16-6-2-3-8-19(16)29-20/h2-8,17H,1,9-12H2,(H,23,26). The third kappa shape index (κ3) is 3.17. The van der Waals surface area contributed by atoms with E-state index in [9.17, 15) is 9.59 Å². The highest BCUT2D eigenvalue weighted by molar-refractivity contribution is 7.18. The fourth-order valence-corrected chi connectivity index (χ4v) is 4.77. The molecule has 1 unspecified atom stereocenters. The van der Waals surface area contributed by atoms with E-state index in [0.717, 1.165) is 20.8 Å². The van der Waals surface area contributed by atoms with Crippen LogP contribution in [-0.2, 0) is 17.9 Å². The number of rotatable bonds is 4. The molecule has 0 spiro atoms. The normalized spacial score (nSPS) is 18.8. The van der Waals surface area contributed by atoms with Crippen LogP contribution in [0.3, 0.4) is 0 Å². The lowest BCUT2D eigenvalue weighted by Gasteiger charge is -2.30. The van der Waals surface area contributed by atoms with E-state index < -0.39 is 6.04 Å². The van der Waals surface area contributed by atoms with Crippen molar-refractivity contribution >= 4 is 33.4 Å². The van der Waals surface area contributed by atoms with Gasteiger partial charge in [-0.3, -0.25) is 9.59 Å². The van der Waals surface area contributed by atoms with Gasteiger partial charge in [-0.25, -0.2) is 4.98 Å². The Morgan fingerprint density at radius 3 is 2.90 bits per heavy atom. The molecule has 7 heteroatoms. The number of ether oxygens (including phenoxy) is 1. The van der Waals surface area contributed by atoms with Gasteiger partial charge in [0.15, 0.2) is 0 Å². The molecule has 2 amide bonds. The molecule has 0 aliphatic carbocycles. The average molecular weight is 405 g/mol. The number of benzene rings is 2. The summed E-state index contributed by atoms with van der Waals surface area (Å²) in [6.07, 6.45) is 1.27. The summed E-state index contributed by atoms with van der Waals surface area (Å²) in [7, 11) is 0. The molecule has 1 N–H and O–H groups in total. The van der Waals surface area contributed by atoms with Gasteiger partial charge in [-0.15, -0.1) is 11.3 Å². The minimum atomic E-state index is -0.475. The SMILES string of the molecule is C=C1CCC(N2Cc3c(OCc4nc5ccccc5s4)cccc3C2=O)C(=O)N1. The third-order valence-corrected chi connectivity index (χ3v) is 6.35. The Bertz CT molecular complexity index is 1120. The molecule has 1 aromatic heterocycles. The lowest BCUT2D eigenvalue weighted by molar-refractivity contribution is -0.126. The Hall–Kier alpha value is -3.19. The molecule has 0 radical (unpaired) electrons. The maximum Gasteiger partial charge on any atom is 0.255 e. The summed E-state index contributed by atoms with van der Waals surface area (Å²) in [5.41, 5.74) is 3.09.